The summed E-state index contributed by atoms with van der Waals surface area (Å²) >= 11 is 0. The Hall–Kier alpha value is -0.753. The Morgan fingerprint density at radius 1 is 1.19 bits per heavy atom. The average Bonchev–Trinajstić information content (AvgIpc) is 3.06. The van der Waals surface area contributed by atoms with Gasteiger partial charge >= 0.3 is 0 Å². The van der Waals surface area contributed by atoms with Gasteiger partial charge in [0.2, 0.25) is 0 Å². The normalized spacial score (nSPS) is 48.1. The minimum absolute atomic E-state index is 0.0773. The number of ether oxygens (including phenoxy) is 2. The summed E-state index contributed by atoms with van der Waals surface area (Å²) < 4.78 is 19.9. The van der Waals surface area contributed by atoms with E-state index >= 15 is 0 Å². The van der Waals surface area contributed by atoms with Crippen molar-refractivity contribution in [3.8, 4) is 6.07 Å². The number of fused-ring (bicyclic) bond motifs is 3. The van der Waals surface area contributed by atoms with Crippen molar-refractivity contribution in [1.29, 1.82) is 5.26 Å². The summed E-state index contributed by atoms with van der Waals surface area (Å²) in [6, 6.07) is 2.51. The van der Waals surface area contributed by atoms with Gasteiger partial charge in [-0.3, -0.25) is 0 Å². The van der Waals surface area contributed by atoms with Crippen LogP contribution in [-0.2, 0) is 13.9 Å². The van der Waals surface area contributed by atoms with Gasteiger partial charge in [0.15, 0.2) is 14.1 Å². The van der Waals surface area contributed by atoms with E-state index in [0.717, 1.165) is 12.8 Å². The van der Waals surface area contributed by atoms with Crippen molar-refractivity contribution < 1.29 is 24.1 Å². The molecule has 1 aliphatic heterocycles. The lowest BCUT2D eigenvalue weighted by Gasteiger charge is -2.69. The summed E-state index contributed by atoms with van der Waals surface area (Å²) in [6.07, 6.45) is 5.30. The van der Waals surface area contributed by atoms with Crippen LogP contribution in [0.1, 0.15) is 80.1 Å². The highest BCUT2D eigenvalue weighted by molar-refractivity contribution is 6.74. The molecule has 0 aromatic heterocycles. The van der Waals surface area contributed by atoms with Crippen molar-refractivity contribution >= 4 is 8.32 Å². The number of aliphatic hydroxyl groups is 2. The molecule has 9 atom stereocenters. The van der Waals surface area contributed by atoms with Crippen LogP contribution in [0.5, 0.6) is 0 Å². The SMILES string of the molecule is CC1(C)OC[C@@]23[C@H]4[C@@H](O)C[C@@]5(C)C(=CC[C@@H]5C#N)[C@@H]4CC[C@]2(O)C[C@@H](O[Si](C)(C)C(C)(C)C)C[C@H]3O1. The molecule has 1 heterocycles. The summed E-state index contributed by atoms with van der Waals surface area (Å²) in [4.78, 5) is 0. The van der Waals surface area contributed by atoms with Crippen molar-refractivity contribution in [3.05, 3.63) is 11.6 Å². The van der Waals surface area contributed by atoms with Crippen molar-refractivity contribution in [1.82, 2.24) is 0 Å². The van der Waals surface area contributed by atoms with Crippen LogP contribution in [0.3, 0.4) is 0 Å². The minimum atomic E-state index is -2.05. The van der Waals surface area contributed by atoms with Crippen LogP contribution in [0.25, 0.3) is 0 Å². The molecule has 3 saturated carbocycles. The highest BCUT2D eigenvalue weighted by atomic mass is 28.4. The van der Waals surface area contributed by atoms with E-state index in [1.54, 1.807) is 0 Å². The van der Waals surface area contributed by atoms with Gasteiger partial charge in [-0.25, -0.2) is 0 Å². The summed E-state index contributed by atoms with van der Waals surface area (Å²) in [5, 5.41) is 34.3. The second kappa shape index (κ2) is 8.13. The van der Waals surface area contributed by atoms with Gasteiger partial charge in [-0.05, 0) is 70.0 Å². The molecular formula is C29H47NO5Si. The number of aliphatic hydroxyl groups excluding tert-OH is 1. The average molecular weight is 518 g/mol. The summed E-state index contributed by atoms with van der Waals surface area (Å²) in [5.74, 6) is -0.882. The first-order chi connectivity index (χ1) is 16.5. The van der Waals surface area contributed by atoms with Crippen LogP contribution in [-0.4, -0.2) is 54.8 Å². The zero-order valence-corrected chi connectivity index (χ0v) is 24.6. The molecule has 7 heteroatoms. The largest absolute Gasteiger partial charge is 0.414 e. The minimum Gasteiger partial charge on any atom is -0.414 e. The quantitative estimate of drug-likeness (QED) is 0.381. The summed E-state index contributed by atoms with van der Waals surface area (Å²) in [5.41, 5.74) is -0.715. The first-order valence-corrected chi connectivity index (χ1v) is 16.9. The first kappa shape index (κ1) is 26.8. The van der Waals surface area contributed by atoms with Crippen molar-refractivity contribution in [2.24, 2.45) is 28.6 Å². The molecule has 0 aromatic rings. The van der Waals surface area contributed by atoms with Gasteiger partial charge in [0, 0.05) is 17.8 Å². The van der Waals surface area contributed by atoms with Crippen LogP contribution < -0.4 is 0 Å². The monoisotopic (exact) mass is 517 g/mol. The fourth-order valence-corrected chi connectivity index (χ4v) is 9.88. The number of nitriles is 1. The third kappa shape index (κ3) is 3.66. The van der Waals surface area contributed by atoms with E-state index in [1.807, 2.05) is 13.8 Å². The summed E-state index contributed by atoms with van der Waals surface area (Å²) in [6.45, 7) is 17.7. The lowest BCUT2D eigenvalue weighted by molar-refractivity contribution is -0.390. The van der Waals surface area contributed by atoms with E-state index in [1.165, 1.54) is 5.57 Å². The third-order valence-corrected chi connectivity index (χ3v) is 15.9. The van der Waals surface area contributed by atoms with Crippen molar-refractivity contribution in [2.45, 2.75) is 128 Å². The van der Waals surface area contributed by atoms with Crippen LogP contribution in [0.15, 0.2) is 11.6 Å². The topological polar surface area (TPSA) is 91.9 Å². The maximum atomic E-state index is 12.6. The number of hydrogen-bond donors (Lipinski definition) is 2. The van der Waals surface area contributed by atoms with Gasteiger partial charge in [-0.1, -0.05) is 39.3 Å². The molecule has 4 aliphatic carbocycles. The number of allylic oxidation sites excluding steroid dienone is 2. The Morgan fingerprint density at radius 2 is 1.89 bits per heavy atom. The van der Waals surface area contributed by atoms with Crippen LogP contribution >= 0.6 is 0 Å². The standard InChI is InChI=1S/C29H47NO5Si/c1-25(2,3)36(7,8)35-19-13-23-29(17-33-26(4,5)34-23)24-20(11-12-28(29,32)14-19)21-10-9-18(16-30)27(21,6)15-22(24)31/h10,18-20,22-24,31-32H,9,11-15,17H2,1-8H3/t18-,19+,20+,22+,23-,24-,27-,28+,29-/m1/s1. The molecule has 36 heavy (non-hydrogen) atoms. The highest BCUT2D eigenvalue weighted by Gasteiger charge is 2.73. The predicted molar refractivity (Wildman–Crippen MR) is 140 cm³/mol. The molecule has 0 bridgehead atoms. The predicted octanol–water partition coefficient (Wildman–Crippen LogP) is 5.31. The zero-order chi connectivity index (χ0) is 26.5. The lowest BCUT2D eigenvalue weighted by Crippen LogP contribution is -2.76. The third-order valence-electron chi connectivity index (χ3n) is 11.3. The first-order valence-electron chi connectivity index (χ1n) is 14.0. The van der Waals surface area contributed by atoms with Gasteiger partial charge < -0.3 is 24.1 Å². The van der Waals surface area contributed by atoms with Crippen molar-refractivity contribution in [2.75, 3.05) is 6.61 Å². The van der Waals surface area contributed by atoms with Gasteiger partial charge in [-0.2, -0.15) is 5.26 Å². The van der Waals surface area contributed by atoms with E-state index in [4.69, 9.17) is 13.9 Å². The Bertz CT molecular complexity index is 981. The Labute approximate surface area is 218 Å². The second-order valence-corrected chi connectivity index (χ2v) is 19.5. The molecule has 202 valence electrons. The Kier molecular flexibility index (Phi) is 6.06. The van der Waals surface area contributed by atoms with Gasteiger partial charge in [-0.15, -0.1) is 0 Å². The molecule has 5 aliphatic rings. The Balaban J connectivity index is 1.55. The van der Waals surface area contributed by atoms with E-state index < -0.39 is 31.2 Å². The molecular weight excluding hydrogens is 470 g/mol. The smallest absolute Gasteiger partial charge is 0.192 e. The van der Waals surface area contributed by atoms with E-state index in [2.05, 4.69) is 52.9 Å². The Morgan fingerprint density at radius 3 is 2.53 bits per heavy atom. The molecule has 1 spiro atoms. The number of nitrogens with zero attached hydrogens (tertiary/aromatic N) is 1. The maximum absolute atomic E-state index is 12.6. The molecule has 4 fully saturated rings. The van der Waals surface area contributed by atoms with Crippen LogP contribution in [0.2, 0.25) is 18.1 Å². The second-order valence-electron chi connectivity index (χ2n) is 14.7. The molecule has 5 rings (SSSR count). The fraction of sp³-hybridized carbons (Fsp3) is 0.897. The maximum Gasteiger partial charge on any atom is 0.192 e. The van der Waals surface area contributed by atoms with Crippen LogP contribution in [0.4, 0.5) is 0 Å². The molecule has 0 aromatic carbocycles. The van der Waals surface area contributed by atoms with E-state index in [-0.39, 0.29) is 40.4 Å². The van der Waals surface area contributed by atoms with Crippen LogP contribution in [0, 0.1) is 39.9 Å². The molecule has 6 nitrogen and oxygen atoms in total. The van der Waals surface area contributed by atoms with Gasteiger partial charge in [0.1, 0.15) is 0 Å². The summed E-state index contributed by atoms with van der Waals surface area (Å²) in [7, 11) is -2.05. The molecule has 0 unspecified atom stereocenters. The highest BCUT2D eigenvalue weighted by Crippen LogP contribution is 2.68. The molecule has 0 amide bonds. The number of hydrogen-bond acceptors (Lipinski definition) is 6. The number of rotatable bonds is 2. The fourth-order valence-electron chi connectivity index (χ4n) is 8.51. The van der Waals surface area contributed by atoms with E-state index in [0.29, 0.717) is 32.3 Å². The van der Waals surface area contributed by atoms with Crippen molar-refractivity contribution in [3.63, 3.8) is 0 Å². The molecule has 0 radical (unpaired) electrons. The molecule has 2 N–H and O–H groups in total. The molecule has 1 saturated heterocycles. The lowest BCUT2D eigenvalue weighted by atomic mass is 9.42. The van der Waals surface area contributed by atoms with Gasteiger partial charge in [0.05, 0.1) is 47.9 Å². The van der Waals surface area contributed by atoms with E-state index in [9.17, 15) is 15.5 Å². The van der Waals surface area contributed by atoms with Gasteiger partial charge in [0.25, 0.3) is 0 Å². The zero-order valence-electron chi connectivity index (χ0n) is 23.6.